The van der Waals surface area contributed by atoms with Crippen LogP contribution in [0.2, 0.25) is 0 Å². The van der Waals surface area contributed by atoms with Crippen molar-refractivity contribution in [1.82, 2.24) is 14.7 Å². The van der Waals surface area contributed by atoms with Crippen LogP contribution in [0.5, 0.6) is 0 Å². The monoisotopic (exact) mass is 351 g/mol. The first-order valence-electron chi connectivity index (χ1n) is 9.54. The molecule has 0 bridgehead atoms. The molecule has 1 atom stereocenters. The molecule has 1 unspecified atom stereocenters. The number of carbonyl (C=O) groups excluding carboxylic acids is 1. The predicted molar refractivity (Wildman–Crippen MR) is 106 cm³/mol. The summed E-state index contributed by atoms with van der Waals surface area (Å²) in [5.74, 6) is 0.113. The van der Waals surface area contributed by atoms with E-state index in [1.165, 1.54) is 17.5 Å². The van der Waals surface area contributed by atoms with Crippen molar-refractivity contribution in [3.8, 4) is 0 Å². The summed E-state index contributed by atoms with van der Waals surface area (Å²) in [5, 5.41) is 4.67. The number of aromatic nitrogens is 2. The number of likely N-dealkylation sites (tertiary alicyclic amines) is 1. The highest BCUT2D eigenvalue weighted by Crippen LogP contribution is 2.19. The molecule has 1 saturated heterocycles. The molecule has 3 rings (SSSR count). The minimum Gasteiger partial charge on any atom is -0.336 e. The molecule has 1 fully saturated rings. The molecule has 26 heavy (non-hydrogen) atoms. The molecular formula is C22H29N3O. The second-order valence-corrected chi connectivity index (χ2v) is 7.44. The van der Waals surface area contributed by atoms with Crippen molar-refractivity contribution in [2.75, 3.05) is 6.54 Å². The average molecular weight is 351 g/mol. The van der Waals surface area contributed by atoms with Crippen molar-refractivity contribution in [3.05, 3.63) is 58.4 Å². The van der Waals surface area contributed by atoms with Gasteiger partial charge in [-0.2, -0.15) is 5.10 Å². The van der Waals surface area contributed by atoms with Gasteiger partial charge in [0.1, 0.15) is 0 Å². The van der Waals surface area contributed by atoms with Crippen molar-refractivity contribution in [1.29, 1.82) is 0 Å². The van der Waals surface area contributed by atoms with E-state index in [1.54, 1.807) is 6.08 Å². The molecule has 4 heteroatoms. The lowest BCUT2D eigenvalue weighted by Crippen LogP contribution is -2.41. The average Bonchev–Trinajstić information content (AvgIpc) is 2.88. The van der Waals surface area contributed by atoms with Crippen LogP contribution in [-0.4, -0.2) is 33.2 Å². The highest BCUT2D eigenvalue weighted by molar-refractivity contribution is 5.92. The van der Waals surface area contributed by atoms with E-state index in [0.29, 0.717) is 6.04 Å². The lowest BCUT2D eigenvalue weighted by atomic mass is 10.0. The van der Waals surface area contributed by atoms with E-state index in [1.807, 2.05) is 22.6 Å². The molecule has 4 nitrogen and oxygen atoms in total. The third-order valence-corrected chi connectivity index (χ3v) is 5.37. The second-order valence-electron chi connectivity index (χ2n) is 7.44. The number of nitrogens with zero attached hydrogens (tertiary/aromatic N) is 3. The molecule has 0 radical (unpaired) electrons. The SMILES string of the molecule is Cc1ccc(Cn2nc(C)c(C=CC(=O)N3CCCCC3C)c2C)cc1. The first-order valence-corrected chi connectivity index (χ1v) is 9.54. The van der Waals surface area contributed by atoms with Crippen molar-refractivity contribution < 1.29 is 4.79 Å². The summed E-state index contributed by atoms with van der Waals surface area (Å²) >= 11 is 0. The van der Waals surface area contributed by atoms with Gasteiger partial charge in [0.25, 0.3) is 0 Å². The molecule has 0 aliphatic carbocycles. The maximum Gasteiger partial charge on any atom is 0.246 e. The number of hydrogen-bond donors (Lipinski definition) is 0. The number of hydrogen-bond acceptors (Lipinski definition) is 2. The molecule has 2 aromatic rings. The van der Waals surface area contributed by atoms with E-state index >= 15 is 0 Å². The Bertz CT molecular complexity index is 802. The van der Waals surface area contributed by atoms with Gasteiger partial charge in [0.15, 0.2) is 0 Å². The molecule has 0 saturated carbocycles. The molecule has 1 aliphatic heterocycles. The largest absolute Gasteiger partial charge is 0.336 e. The summed E-state index contributed by atoms with van der Waals surface area (Å²) in [4.78, 5) is 14.5. The standard InChI is InChI=1S/C22H29N3O/c1-16-8-10-20(11-9-16)15-25-19(4)21(18(3)23-25)12-13-22(26)24-14-6-5-7-17(24)2/h8-13,17H,5-7,14-15H2,1-4H3. The molecule has 1 aromatic heterocycles. The summed E-state index contributed by atoms with van der Waals surface area (Å²) in [6.45, 7) is 9.93. The Morgan fingerprint density at radius 3 is 2.62 bits per heavy atom. The van der Waals surface area contributed by atoms with Crippen molar-refractivity contribution >= 4 is 12.0 Å². The summed E-state index contributed by atoms with van der Waals surface area (Å²) < 4.78 is 2.02. The van der Waals surface area contributed by atoms with Gasteiger partial charge in [-0.1, -0.05) is 29.8 Å². The quantitative estimate of drug-likeness (QED) is 0.772. The lowest BCUT2D eigenvalue weighted by Gasteiger charge is -2.32. The number of benzene rings is 1. The van der Waals surface area contributed by atoms with Crippen LogP contribution in [0.15, 0.2) is 30.3 Å². The zero-order valence-electron chi connectivity index (χ0n) is 16.3. The van der Waals surface area contributed by atoms with E-state index in [4.69, 9.17) is 0 Å². The van der Waals surface area contributed by atoms with Gasteiger partial charge in [-0.05, 0) is 58.6 Å². The summed E-state index contributed by atoms with van der Waals surface area (Å²) in [6, 6.07) is 8.87. The normalized spacial score (nSPS) is 17.8. The van der Waals surface area contributed by atoms with Crippen LogP contribution in [0.1, 0.15) is 54.3 Å². The maximum absolute atomic E-state index is 12.5. The smallest absolute Gasteiger partial charge is 0.246 e. The van der Waals surface area contributed by atoms with Gasteiger partial charge in [-0.3, -0.25) is 9.48 Å². The molecule has 1 aromatic carbocycles. The Kier molecular flexibility index (Phi) is 5.60. The molecule has 0 spiro atoms. The number of carbonyl (C=O) groups is 1. The number of rotatable bonds is 4. The van der Waals surface area contributed by atoms with E-state index in [0.717, 1.165) is 42.9 Å². The summed E-state index contributed by atoms with van der Waals surface area (Å²) in [7, 11) is 0. The molecule has 2 heterocycles. The molecule has 1 amide bonds. The van der Waals surface area contributed by atoms with E-state index < -0.39 is 0 Å². The second kappa shape index (κ2) is 7.90. The number of amides is 1. The zero-order valence-corrected chi connectivity index (χ0v) is 16.3. The van der Waals surface area contributed by atoms with Gasteiger partial charge in [-0.25, -0.2) is 0 Å². The van der Waals surface area contributed by atoms with Gasteiger partial charge in [-0.15, -0.1) is 0 Å². The zero-order chi connectivity index (χ0) is 18.7. The third-order valence-electron chi connectivity index (χ3n) is 5.37. The molecule has 0 N–H and O–H groups in total. The summed E-state index contributed by atoms with van der Waals surface area (Å²) in [5.41, 5.74) is 5.60. The highest BCUT2D eigenvalue weighted by Gasteiger charge is 2.21. The Morgan fingerprint density at radius 1 is 1.19 bits per heavy atom. The fraction of sp³-hybridized carbons (Fsp3) is 0.455. The van der Waals surface area contributed by atoms with Gasteiger partial charge >= 0.3 is 0 Å². The van der Waals surface area contributed by atoms with E-state index in [9.17, 15) is 4.79 Å². The van der Waals surface area contributed by atoms with Crippen LogP contribution >= 0.6 is 0 Å². The van der Waals surface area contributed by atoms with Crippen LogP contribution in [0.3, 0.4) is 0 Å². The minimum absolute atomic E-state index is 0.113. The molecular weight excluding hydrogens is 322 g/mol. The molecule has 138 valence electrons. The van der Waals surface area contributed by atoms with Gasteiger partial charge in [0.2, 0.25) is 5.91 Å². The van der Waals surface area contributed by atoms with Crippen LogP contribution in [0, 0.1) is 20.8 Å². The van der Waals surface area contributed by atoms with Crippen LogP contribution in [-0.2, 0) is 11.3 Å². The van der Waals surface area contributed by atoms with Crippen LogP contribution < -0.4 is 0 Å². The lowest BCUT2D eigenvalue weighted by molar-refractivity contribution is -0.129. The van der Waals surface area contributed by atoms with Crippen molar-refractivity contribution in [2.45, 2.75) is 59.5 Å². The van der Waals surface area contributed by atoms with Crippen molar-refractivity contribution in [2.24, 2.45) is 0 Å². The predicted octanol–water partition coefficient (Wildman–Crippen LogP) is 4.27. The van der Waals surface area contributed by atoms with Gasteiger partial charge in [0, 0.05) is 29.9 Å². The fourth-order valence-corrected chi connectivity index (χ4v) is 3.65. The van der Waals surface area contributed by atoms with Gasteiger partial charge < -0.3 is 4.90 Å². The van der Waals surface area contributed by atoms with E-state index in [2.05, 4.69) is 50.1 Å². The Morgan fingerprint density at radius 2 is 1.92 bits per heavy atom. The Balaban J connectivity index is 1.75. The first-order chi connectivity index (χ1) is 12.5. The Hall–Kier alpha value is -2.36. The third kappa shape index (κ3) is 4.06. The molecule has 1 aliphatic rings. The van der Waals surface area contributed by atoms with Crippen LogP contribution in [0.25, 0.3) is 6.08 Å². The number of piperidine rings is 1. The van der Waals surface area contributed by atoms with Crippen LogP contribution in [0.4, 0.5) is 0 Å². The minimum atomic E-state index is 0.113. The summed E-state index contributed by atoms with van der Waals surface area (Å²) in [6.07, 6.45) is 7.09. The maximum atomic E-state index is 12.5. The first kappa shape index (κ1) is 18.4. The topological polar surface area (TPSA) is 38.1 Å². The van der Waals surface area contributed by atoms with Crippen molar-refractivity contribution in [3.63, 3.8) is 0 Å². The van der Waals surface area contributed by atoms with Gasteiger partial charge in [0.05, 0.1) is 12.2 Å². The fourth-order valence-electron chi connectivity index (χ4n) is 3.65. The number of aryl methyl sites for hydroxylation is 2. The highest BCUT2D eigenvalue weighted by atomic mass is 16.2. The van der Waals surface area contributed by atoms with E-state index in [-0.39, 0.29) is 5.91 Å². The Labute approximate surface area is 156 Å².